The molecule has 0 nitrogen and oxygen atoms in total. The Morgan fingerprint density at radius 2 is 1.37 bits per heavy atom. The van der Waals surface area contributed by atoms with Crippen molar-refractivity contribution in [3.8, 4) is 11.1 Å². The van der Waals surface area contributed by atoms with Gasteiger partial charge in [0.2, 0.25) is 0 Å². The molecule has 0 aromatic heterocycles. The lowest BCUT2D eigenvalue weighted by Gasteiger charge is -2.24. The predicted octanol–water partition coefficient (Wildman–Crippen LogP) is 6.61. The first-order valence-corrected chi connectivity index (χ1v) is 7.18. The lowest BCUT2D eigenvalue weighted by molar-refractivity contribution is 0.592. The van der Waals surface area contributed by atoms with Crippen molar-refractivity contribution in [2.75, 3.05) is 0 Å². The highest BCUT2D eigenvalue weighted by atomic mass is 35.5. The molecule has 2 aromatic rings. The standard InChI is InChI=1S/C16H15Cl3/c1-16(2,3)12-7-5-4-6-11(12)15-13(18)8-10(17)9-14(15)19/h4-9H,1-3H3. The van der Waals surface area contributed by atoms with E-state index in [1.165, 1.54) is 5.56 Å². The van der Waals surface area contributed by atoms with E-state index in [1.54, 1.807) is 12.1 Å². The third-order valence-electron chi connectivity index (χ3n) is 3.01. The summed E-state index contributed by atoms with van der Waals surface area (Å²) in [6, 6.07) is 11.6. The predicted molar refractivity (Wildman–Crippen MR) is 85.6 cm³/mol. The Morgan fingerprint density at radius 3 is 1.89 bits per heavy atom. The van der Waals surface area contributed by atoms with Gasteiger partial charge in [0, 0.05) is 10.6 Å². The molecule has 0 amide bonds. The molecule has 100 valence electrons. The summed E-state index contributed by atoms with van der Waals surface area (Å²) < 4.78 is 0. The van der Waals surface area contributed by atoms with Crippen molar-refractivity contribution in [1.82, 2.24) is 0 Å². The molecule has 0 saturated heterocycles. The van der Waals surface area contributed by atoms with Gasteiger partial charge in [-0.3, -0.25) is 0 Å². The van der Waals surface area contributed by atoms with Crippen molar-refractivity contribution in [2.45, 2.75) is 26.2 Å². The highest BCUT2D eigenvalue weighted by Crippen LogP contribution is 2.41. The largest absolute Gasteiger partial charge is 0.0842 e. The molecule has 0 aliphatic carbocycles. The summed E-state index contributed by atoms with van der Waals surface area (Å²) in [7, 11) is 0. The average Bonchev–Trinajstić information content (AvgIpc) is 2.26. The van der Waals surface area contributed by atoms with Crippen LogP contribution in [0.3, 0.4) is 0 Å². The number of benzene rings is 2. The molecule has 0 fully saturated rings. The van der Waals surface area contributed by atoms with Crippen LogP contribution in [0.5, 0.6) is 0 Å². The Hall–Kier alpha value is -0.690. The summed E-state index contributed by atoms with van der Waals surface area (Å²) in [5, 5.41) is 1.70. The van der Waals surface area contributed by atoms with Gasteiger partial charge < -0.3 is 0 Å². The molecule has 0 spiro atoms. The van der Waals surface area contributed by atoms with Gasteiger partial charge >= 0.3 is 0 Å². The molecule has 0 N–H and O–H groups in total. The third-order valence-corrected chi connectivity index (χ3v) is 3.83. The van der Waals surface area contributed by atoms with Crippen molar-refractivity contribution in [1.29, 1.82) is 0 Å². The van der Waals surface area contributed by atoms with Gasteiger partial charge in [0.1, 0.15) is 0 Å². The van der Waals surface area contributed by atoms with Crippen molar-refractivity contribution in [3.05, 3.63) is 57.0 Å². The van der Waals surface area contributed by atoms with E-state index in [1.807, 2.05) is 18.2 Å². The lowest BCUT2D eigenvalue weighted by Crippen LogP contribution is -2.12. The fourth-order valence-electron chi connectivity index (χ4n) is 2.15. The minimum atomic E-state index is 0.0168. The van der Waals surface area contributed by atoms with Crippen molar-refractivity contribution >= 4 is 34.8 Å². The Kier molecular flexibility index (Phi) is 4.15. The van der Waals surface area contributed by atoms with Crippen molar-refractivity contribution in [2.24, 2.45) is 0 Å². The van der Waals surface area contributed by atoms with Crippen LogP contribution < -0.4 is 0 Å². The van der Waals surface area contributed by atoms with Gasteiger partial charge in [-0.1, -0.05) is 79.8 Å². The fraction of sp³-hybridized carbons (Fsp3) is 0.250. The molecular formula is C16H15Cl3. The molecule has 0 aliphatic rings. The number of hydrogen-bond acceptors (Lipinski definition) is 0. The van der Waals surface area contributed by atoms with Crippen LogP contribution in [-0.4, -0.2) is 0 Å². The van der Waals surface area contributed by atoms with E-state index >= 15 is 0 Å². The number of halogens is 3. The van der Waals surface area contributed by atoms with Gasteiger partial charge in [-0.2, -0.15) is 0 Å². The molecule has 0 unspecified atom stereocenters. The Labute approximate surface area is 129 Å². The first-order valence-electron chi connectivity index (χ1n) is 6.05. The Balaban J connectivity index is 2.74. The van der Waals surface area contributed by atoms with E-state index in [0.29, 0.717) is 15.1 Å². The van der Waals surface area contributed by atoms with Gasteiger partial charge in [-0.15, -0.1) is 0 Å². The second-order valence-electron chi connectivity index (χ2n) is 5.54. The summed E-state index contributed by atoms with van der Waals surface area (Å²) in [4.78, 5) is 0. The topological polar surface area (TPSA) is 0 Å². The van der Waals surface area contributed by atoms with Crippen LogP contribution in [0.1, 0.15) is 26.3 Å². The normalized spacial score (nSPS) is 11.7. The monoisotopic (exact) mass is 312 g/mol. The molecule has 2 aromatic carbocycles. The van der Waals surface area contributed by atoms with Gasteiger partial charge in [0.15, 0.2) is 0 Å². The molecular weight excluding hydrogens is 299 g/mol. The minimum Gasteiger partial charge on any atom is -0.0842 e. The van der Waals surface area contributed by atoms with Gasteiger partial charge in [-0.25, -0.2) is 0 Å². The third kappa shape index (κ3) is 3.08. The minimum absolute atomic E-state index is 0.0168. The van der Waals surface area contributed by atoms with Gasteiger partial charge in [0.05, 0.1) is 10.0 Å². The van der Waals surface area contributed by atoms with Crippen LogP contribution >= 0.6 is 34.8 Å². The second kappa shape index (κ2) is 5.36. The molecule has 19 heavy (non-hydrogen) atoms. The zero-order valence-corrected chi connectivity index (χ0v) is 13.4. The van der Waals surface area contributed by atoms with E-state index < -0.39 is 0 Å². The first kappa shape index (κ1) is 14.7. The molecule has 0 heterocycles. The fourth-order valence-corrected chi connectivity index (χ4v) is 3.18. The maximum Gasteiger partial charge on any atom is 0.0514 e. The Bertz CT molecular complexity index is 587. The SMILES string of the molecule is CC(C)(C)c1ccccc1-c1c(Cl)cc(Cl)cc1Cl. The molecule has 0 bridgehead atoms. The molecule has 0 saturated carbocycles. The molecule has 0 radical (unpaired) electrons. The van der Waals surface area contributed by atoms with Crippen molar-refractivity contribution < 1.29 is 0 Å². The molecule has 2 rings (SSSR count). The van der Waals surface area contributed by atoms with Gasteiger partial charge in [0.25, 0.3) is 0 Å². The van der Waals surface area contributed by atoms with Crippen LogP contribution in [0.25, 0.3) is 11.1 Å². The van der Waals surface area contributed by atoms with Crippen LogP contribution in [0.2, 0.25) is 15.1 Å². The zero-order chi connectivity index (χ0) is 14.2. The zero-order valence-electron chi connectivity index (χ0n) is 11.1. The van der Waals surface area contributed by atoms with Crippen LogP contribution in [0, 0.1) is 0 Å². The number of rotatable bonds is 1. The maximum atomic E-state index is 6.32. The van der Waals surface area contributed by atoms with Crippen LogP contribution in [-0.2, 0) is 5.41 Å². The smallest absolute Gasteiger partial charge is 0.0514 e. The van der Waals surface area contributed by atoms with E-state index in [4.69, 9.17) is 34.8 Å². The highest BCUT2D eigenvalue weighted by molar-refractivity contribution is 6.41. The average molecular weight is 314 g/mol. The molecule has 0 aliphatic heterocycles. The molecule has 3 heteroatoms. The van der Waals surface area contributed by atoms with Gasteiger partial charge in [-0.05, 0) is 28.7 Å². The van der Waals surface area contributed by atoms with E-state index in [-0.39, 0.29) is 5.41 Å². The summed E-state index contributed by atoms with van der Waals surface area (Å²) >= 11 is 18.6. The summed E-state index contributed by atoms with van der Waals surface area (Å²) in [5.41, 5.74) is 3.13. The highest BCUT2D eigenvalue weighted by Gasteiger charge is 2.21. The van der Waals surface area contributed by atoms with E-state index in [9.17, 15) is 0 Å². The lowest BCUT2D eigenvalue weighted by atomic mass is 9.82. The quantitative estimate of drug-likeness (QED) is 0.555. The summed E-state index contributed by atoms with van der Waals surface area (Å²) in [5.74, 6) is 0. The van der Waals surface area contributed by atoms with Crippen LogP contribution in [0.4, 0.5) is 0 Å². The molecule has 0 atom stereocenters. The van der Waals surface area contributed by atoms with Crippen LogP contribution in [0.15, 0.2) is 36.4 Å². The Morgan fingerprint density at radius 1 is 0.842 bits per heavy atom. The van der Waals surface area contributed by atoms with E-state index in [0.717, 1.165) is 11.1 Å². The van der Waals surface area contributed by atoms with Crippen molar-refractivity contribution in [3.63, 3.8) is 0 Å². The maximum absolute atomic E-state index is 6.32. The summed E-state index contributed by atoms with van der Waals surface area (Å²) in [6.45, 7) is 6.51. The number of hydrogen-bond donors (Lipinski definition) is 0. The summed E-state index contributed by atoms with van der Waals surface area (Å²) in [6.07, 6.45) is 0. The second-order valence-corrected chi connectivity index (χ2v) is 6.79. The van der Waals surface area contributed by atoms with E-state index in [2.05, 4.69) is 26.8 Å². The first-order chi connectivity index (χ1) is 8.80.